The van der Waals surface area contributed by atoms with Crippen LogP contribution in [0.4, 0.5) is 5.69 Å². The van der Waals surface area contributed by atoms with Crippen LogP contribution in [0.2, 0.25) is 0 Å². The number of hydrogen-bond acceptors (Lipinski definition) is 2. The maximum absolute atomic E-state index is 5.54. The van der Waals surface area contributed by atoms with E-state index in [-0.39, 0.29) is 12.4 Å². The maximum Gasteiger partial charge on any atom is 0.119 e. The normalized spacial score (nSPS) is 14.8. The molecule has 0 heterocycles. The fourth-order valence-electron chi connectivity index (χ4n) is 1.06. The van der Waals surface area contributed by atoms with Gasteiger partial charge in [-0.2, -0.15) is 0 Å². The summed E-state index contributed by atoms with van der Waals surface area (Å²) in [5.41, 5.74) is 6.33. The minimum Gasteiger partial charge on any atom is -0.493 e. The third-order valence-corrected chi connectivity index (χ3v) is 2.06. The number of nitrogen functional groups attached to an aromatic ring is 1. The van der Waals surface area contributed by atoms with Crippen LogP contribution in [0.15, 0.2) is 24.3 Å². The van der Waals surface area contributed by atoms with E-state index in [4.69, 9.17) is 10.5 Å². The molecule has 1 aliphatic rings. The van der Waals surface area contributed by atoms with Crippen molar-refractivity contribution in [3.05, 3.63) is 24.3 Å². The third-order valence-electron chi connectivity index (χ3n) is 2.06. The van der Waals surface area contributed by atoms with Gasteiger partial charge in [0, 0.05) is 5.69 Å². The van der Waals surface area contributed by atoms with Crippen molar-refractivity contribution >= 4 is 18.1 Å². The van der Waals surface area contributed by atoms with Crippen LogP contribution in [0.5, 0.6) is 5.75 Å². The number of anilines is 1. The third kappa shape index (κ3) is 3.15. The second-order valence-corrected chi connectivity index (χ2v) is 3.32. The molecule has 0 radical (unpaired) electrons. The summed E-state index contributed by atoms with van der Waals surface area (Å²) < 4.78 is 5.53. The van der Waals surface area contributed by atoms with E-state index in [2.05, 4.69) is 0 Å². The van der Waals surface area contributed by atoms with Gasteiger partial charge >= 0.3 is 0 Å². The van der Waals surface area contributed by atoms with Gasteiger partial charge in [0.15, 0.2) is 0 Å². The number of nitrogens with two attached hydrogens (primary N) is 1. The van der Waals surface area contributed by atoms with Crippen molar-refractivity contribution in [3.63, 3.8) is 0 Å². The molecule has 1 aromatic carbocycles. The van der Waals surface area contributed by atoms with Crippen LogP contribution < -0.4 is 10.5 Å². The summed E-state index contributed by atoms with van der Waals surface area (Å²) in [4.78, 5) is 0. The van der Waals surface area contributed by atoms with Gasteiger partial charge in [-0.15, -0.1) is 12.4 Å². The lowest BCUT2D eigenvalue weighted by Gasteiger charge is -2.04. The quantitative estimate of drug-likeness (QED) is 0.760. The van der Waals surface area contributed by atoms with Gasteiger partial charge in [-0.3, -0.25) is 0 Å². The SMILES string of the molecule is Cl.Nc1ccc(OCC2CC2)cc1. The number of rotatable bonds is 3. The largest absolute Gasteiger partial charge is 0.493 e. The summed E-state index contributed by atoms with van der Waals surface area (Å²) in [6.07, 6.45) is 2.66. The van der Waals surface area contributed by atoms with Gasteiger partial charge in [-0.05, 0) is 43.0 Å². The topological polar surface area (TPSA) is 35.2 Å². The van der Waals surface area contributed by atoms with Crippen LogP contribution in [0.3, 0.4) is 0 Å². The Labute approximate surface area is 84.5 Å². The van der Waals surface area contributed by atoms with Crippen molar-refractivity contribution in [1.82, 2.24) is 0 Å². The lowest BCUT2D eigenvalue weighted by Crippen LogP contribution is -1.98. The molecular formula is C10H14ClNO. The number of halogens is 1. The maximum atomic E-state index is 5.54. The molecule has 0 bridgehead atoms. The molecule has 1 aliphatic carbocycles. The highest BCUT2D eigenvalue weighted by Gasteiger charge is 2.21. The Morgan fingerprint density at radius 2 is 1.85 bits per heavy atom. The second kappa shape index (κ2) is 4.38. The van der Waals surface area contributed by atoms with Gasteiger partial charge in [0.2, 0.25) is 0 Å². The summed E-state index contributed by atoms with van der Waals surface area (Å²) in [6.45, 7) is 0.865. The van der Waals surface area contributed by atoms with Crippen LogP contribution in [0, 0.1) is 5.92 Å². The first-order valence-corrected chi connectivity index (χ1v) is 4.33. The lowest BCUT2D eigenvalue weighted by atomic mass is 10.3. The smallest absolute Gasteiger partial charge is 0.119 e. The summed E-state index contributed by atoms with van der Waals surface area (Å²) in [7, 11) is 0. The lowest BCUT2D eigenvalue weighted by molar-refractivity contribution is 0.300. The molecule has 0 spiro atoms. The molecule has 0 unspecified atom stereocenters. The molecule has 2 N–H and O–H groups in total. The summed E-state index contributed by atoms with van der Waals surface area (Å²) in [5, 5.41) is 0. The van der Waals surface area contributed by atoms with Crippen LogP contribution in [-0.2, 0) is 0 Å². The van der Waals surface area contributed by atoms with E-state index in [1.807, 2.05) is 24.3 Å². The van der Waals surface area contributed by atoms with Crippen molar-refractivity contribution in [2.75, 3.05) is 12.3 Å². The molecule has 0 aromatic heterocycles. The average molecular weight is 200 g/mol. The summed E-state index contributed by atoms with van der Waals surface area (Å²) >= 11 is 0. The first kappa shape index (κ1) is 10.2. The van der Waals surface area contributed by atoms with Crippen molar-refractivity contribution in [2.45, 2.75) is 12.8 Å². The molecule has 1 fully saturated rings. The average Bonchev–Trinajstić information content (AvgIpc) is 2.87. The molecule has 1 aromatic rings. The Bertz CT molecular complexity index is 256. The molecule has 0 saturated heterocycles. The van der Waals surface area contributed by atoms with Crippen LogP contribution >= 0.6 is 12.4 Å². The Balaban J connectivity index is 0.000000845. The number of hydrogen-bond donors (Lipinski definition) is 1. The zero-order chi connectivity index (χ0) is 8.39. The minimum atomic E-state index is 0. The molecule has 72 valence electrons. The Morgan fingerprint density at radius 3 is 2.38 bits per heavy atom. The number of benzene rings is 1. The van der Waals surface area contributed by atoms with E-state index in [0.717, 1.165) is 24.0 Å². The van der Waals surface area contributed by atoms with Crippen molar-refractivity contribution in [3.8, 4) is 5.75 Å². The first-order chi connectivity index (χ1) is 5.84. The van der Waals surface area contributed by atoms with Crippen molar-refractivity contribution in [2.24, 2.45) is 5.92 Å². The predicted molar refractivity (Wildman–Crippen MR) is 56.3 cm³/mol. The molecular weight excluding hydrogens is 186 g/mol. The second-order valence-electron chi connectivity index (χ2n) is 3.32. The minimum absolute atomic E-state index is 0. The summed E-state index contributed by atoms with van der Waals surface area (Å²) in [5.74, 6) is 1.73. The first-order valence-electron chi connectivity index (χ1n) is 4.33. The van der Waals surface area contributed by atoms with E-state index in [1.165, 1.54) is 12.8 Å². The molecule has 1 saturated carbocycles. The molecule has 3 heteroatoms. The number of ether oxygens (including phenoxy) is 1. The zero-order valence-electron chi connectivity index (χ0n) is 7.40. The van der Waals surface area contributed by atoms with Gasteiger partial charge in [0.25, 0.3) is 0 Å². The fourth-order valence-corrected chi connectivity index (χ4v) is 1.06. The van der Waals surface area contributed by atoms with E-state index in [1.54, 1.807) is 0 Å². The fraction of sp³-hybridized carbons (Fsp3) is 0.400. The van der Waals surface area contributed by atoms with Crippen molar-refractivity contribution < 1.29 is 4.74 Å². The molecule has 0 atom stereocenters. The molecule has 13 heavy (non-hydrogen) atoms. The van der Waals surface area contributed by atoms with E-state index < -0.39 is 0 Å². The van der Waals surface area contributed by atoms with Gasteiger partial charge in [0.1, 0.15) is 5.75 Å². The van der Waals surface area contributed by atoms with Crippen molar-refractivity contribution in [1.29, 1.82) is 0 Å². The zero-order valence-corrected chi connectivity index (χ0v) is 8.22. The highest BCUT2D eigenvalue weighted by molar-refractivity contribution is 5.85. The summed E-state index contributed by atoms with van der Waals surface area (Å²) in [6, 6.07) is 7.56. The Morgan fingerprint density at radius 1 is 1.23 bits per heavy atom. The van der Waals surface area contributed by atoms with E-state index >= 15 is 0 Å². The predicted octanol–water partition coefficient (Wildman–Crippen LogP) is 2.48. The van der Waals surface area contributed by atoms with Gasteiger partial charge in [0.05, 0.1) is 6.61 Å². The van der Waals surface area contributed by atoms with Gasteiger partial charge < -0.3 is 10.5 Å². The van der Waals surface area contributed by atoms with E-state index in [9.17, 15) is 0 Å². The van der Waals surface area contributed by atoms with Crippen LogP contribution in [-0.4, -0.2) is 6.61 Å². The molecule has 2 nitrogen and oxygen atoms in total. The molecule has 2 rings (SSSR count). The molecule has 0 aliphatic heterocycles. The monoisotopic (exact) mass is 199 g/mol. The van der Waals surface area contributed by atoms with Gasteiger partial charge in [-0.1, -0.05) is 0 Å². The highest BCUT2D eigenvalue weighted by Crippen LogP contribution is 2.29. The van der Waals surface area contributed by atoms with E-state index in [0.29, 0.717) is 0 Å². The standard InChI is InChI=1S/C10H13NO.ClH/c11-9-3-5-10(6-4-9)12-7-8-1-2-8;/h3-6,8H,1-2,7,11H2;1H. The Kier molecular flexibility index (Phi) is 3.43. The highest BCUT2D eigenvalue weighted by atomic mass is 35.5. The van der Waals surface area contributed by atoms with Crippen LogP contribution in [0.25, 0.3) is 0 Å². The van der Waals surface area contributed by atoms with Gasteiger partial charge in [-0.25, -0.2) is 0 Å². The Hall–Kier alpha value is -0.890. The molecule has 0 amide bonds. The van der Waals surface area contributed by atoms with Crippen LogP contribution in [0.1, 0.15) is 12.8 Å².